The van der Waals surface area contributed by atoms with Gasteiger partial charge < -0.3 is 0 Å². The van der Waals surface area contributed by atoms with Crippen LogP contribution in [0.15, 0.2) is 51.1 Å². The van der Waals surface area contributed by atoms with Crippen molar-refractivity contribution in [2.45, 2.75) is 35.5 Å². The fraction of sp³-hybridized carbons (Fsp3) is 0.250. The lowest BCUT2D eigenvalue weighted by Gasteiger charge is -2.12. The van der Waals surface area contributed by atoms with E-state index in [1.807, 2.05) is 51.3 Å². The number of rotatable bonds is 3. The monoisotopic (exact) mass is 306 g/mol. The fourth-order valence-electron chi connectivity index (χ4n) is 2.46. The molecule has 2 nitrogen and oxygen atoms in total. The predicted molar refractivity (Wildman–Crippen MR) is 84.3 cm³/mol. The Bertz CT molecular complexity index is 707. The summed E-state index contributed by atoms with van der Waals surface area (Å²) < 4.78 is 25.6. The zero-order valence-electron chi connectivity index (χ0n) is 12.1. The van der Waals surface area contributed by atoms with E-state index in [2.05, 4.69) is 0 Å². The SMILES string of the molecule is CSc1ccc(S(=O)(=O)c2c(C)cc(C)cc2C)cc1. The molecule has 0 saturated heterocycles. The molecule has 0 aliphatic heterocycles. The van der Waals surface area contributed by atoms with Gasteiger partial charge in [-0.15, -0.1) is 11.8 Å². The summed E-state index contributed by atoms with van der Waals surface area (Å²) in [5.41, 5.74) is 2.68. The van der Waals surface area contributed by atoms with Crippen LogP contribution in [0.5, 0.6) is 0 Å². The van der Waals surface area contributed by atoms with Crippen LogP contribution in [0.4, 0.5) is 0 Å². The predicted octanol–water partition coefficient (Wildman–Crippen LogP) is 4.17. The van der Waals surface area contributed by atoms with Gasteiger partial charge in [0, 0.05) is 4.90 Å². The van der Waals surface area contributed by atoms with Crippen molar-refractivity contribution in [1.29, 1.82) is 0 Å². The third-order valence-corrected chi connectivity index (χ3v) is 6.06. The Kier molecular flexibility index (Phi) is 4.25. The summed E-state index contributed by atoms with van der Waals surface area (Å²) in [6, 6.07) is 10.9. The van der Waals surface area contributed by atoms with E-state index in [0.29, 0.717) is 9.79 Å². The van der Waals surface area contributed by atoms with Crippen LogP contribution in [0, 0.1) is 20.8 Å². The van der Waals surface area contributed by atoms with Crippen LogP contribution < -0.4 is 0 Å². The molecule has 0 aliphatic rings. The molecule has 0 heterocycles. The smallest absolute Gasteiger partial charge is 0.207 e. The third-order valence-electron chi connectivity index (χ3n) is 3.24. The average Bonchev–Trinajstić information content (AvgIpc) is 2.37. The molecule has 0 unspecified atom stereocenters. The molecule has 0 saturated carbocycles. The summed E-state index contributed by atoms with van der Waals surface area (Å²) in [6.07, 6.45) is 1.97. The van der Waals surface area contributed by atoms with Crippen molar-refractivity contribution >= 4 is 21.6 Å². The molecule has 0 bridgehead atoms. The van der Waals surface area contributed by atoms with Gasteiger partial charge in [0.15, 0.2) is 0 Å². The van der Waals surface area contributed by atoms with Crippen LogP contribution >= 0.6 is 11.8 Å². The molecule has 0 aliphatic carbocycles. The van der Waals surface area contributed by atoms with Crippen LogP contribution in [0.2, 0.25) is 0 Å². The number of hydrogen-bond acceptors (Lipinski definition) is 3. The van der Waals surface area contributed by atoms with Crippen molar-refractivity contribution in [3.63, 3.8) is 0 Å². The molecule has 0 aromatic heterocycles. The van der Waals surface area contributed by atoms with E-state index >= 15 is 0 Å². The van der Waals surface area contributed by atoms with Crippen LogP contribution in [-0.4, -0.2) is 14.7 Å². The first-order valence-corrected chi connectivity index (χ1v) is 9.04. The minimum absolute atomic E-state index is 0.352. The molecule has 0 amide bonds. The molecule has 2 aromatic carbocycles. The minimum atomic E-state index is -3.45. The largest absolute Gasteiger partial charge is 0.218 e. The lowest BCUT2D eigenvalue weighted by atomic mass is 10.1. The molecule has 2 rings (SSSR count). The zero-order valence-corrected chi connectivity index (χ0v) is 13.7. The quantitative estimate of drug-likeness (QED) is 0.798. The highest BCUT2D eigenvalue weighted by molar-refractivity contribution is 7.98. The maximum Gasteiger partial charge on any atom is 0.207 e. The second-order valence-corrected chi connectivity index (χ2v) is 7.67. The molecule has 0 fully saturated rings. The van der Waals surface area contributed by atoms with Gasteiger partial charge in [-0.3, -0.25) is 0 Å². The van der Waals surface area contributed by atoms with Crippen molar-refractivity contribution in [2.24, 2.45) is 0 Å². The van der Waals surface area contributed by atoms with E-state index in [4.69, 9.17) is 0 Å². The van der Waals surface area contributed by atoms with Gasteiger partial charge in [-0.2, -0.15) is 0 Å². The molecule has 2 aromatic rings. The number of aryl methyl sites for hydroxylation is 3. The second kappa shape index (κ2) is 5.62. The molecular weight excluding hydrogens is 288 g/mol. The normalized spacial score (nSPS) is 11.6. The van der Waals surface area contributed by atoms with E-state index in [-0.39, 0.29) is 0 Å². The lowest BCUT2D eigenvalue weighted by Crippen LogP contribution is -2.07. The Labute approximate surface area is 125 Å². The zero-order chi connectivity index (χ0) is 14.9. The van der Waals surface area contributed by atoms with Crippen molar-refractivity contribution in [1.82, 2.24) is 0 Å². The van der Waals surface area contributed by atoms with Crippen LogP contribution in [0.25, 0.3) is 0 Å². The molecule has 4 heteroatoms. The first kappa shape index (κ1) is 15.1. The Hall–Kier alpha value is -1.26. The highest BCUT2D eigenvalue weighted by atomic mass is 32.2. The Morgan fingerprint density at radius 2 is 1.40 bits per heavy atom. The van der Waals surface area contributed by atoms with E-state index in [0.717, 1.165) is 21.6 Å². The van der Waals surface area contributed by atoms with Crippen LogP contribution in [0.1, 0.15) is 16.7 Å². The number of sulfone groups is 1. The van der Waals surface area contributed by atoms with Gasteiger partial charge in [-0.05, 0) is 62.4 Å². The van der Waals surface area contributed by atoms with Crippen LogP contribution in [0.3, 0.4) is 0 Å². The van der Waals surface area contributed by atoms with E-state index in [9.17, 15) is 8.42 Å². The Balaban J connectivity index is 2.60. The standard InChI is InChI=1S/C16H18O2S2/c1-11-9-12(2)16(13(3)10-11)20(17,18)15-7-5-14(19-4)6-8-15/h5-10H,1-4H3. The average molecular weight is 306 g/mol. The van der Waals surface area contributed by atoms with Gasteiger partial charge in [0.1, 0.15) is 0 Å². The van der Waals surface area contributed by atoms with Crippen molar-refractivity contribution in [3.8, 4) is 0 Å². The fourth-order valence-corrected chi connectivity index (χ4v) is 4.57. The third kappa shape index (κ3) is 2.76. The first-order chi connectivity index (χ1) is 9.36. The highest BCUT2D eigenvalue weighted by Gasteiger charge is 2.22. The molecular formula is C16H18O2S2. The lowest BCUT2D eigenvalue weighted by molar-refractivity contribution is 0.594. The van der Waals surface area contributed by atoms with Gasteiger partial charge in [-0.1, -0.05) is 17.7 Å². The second-order valence-electron chi connectivity index (χ2n) is 4.91. The topological polar surface area (TPSA) is 34.1 Å². The van der Waals surface area contributed by atoms with Crippen molar-refractivity contribution < 1.29 is 8.42 Å². The molecule has 0 N–H and O–H groups in total. The maximum absolute atomic E-state index is 12.8. The van der Waals surface area contributed by atoms with Crippen LogP contribution in [-0.2, 0) is 9.84 Å². The van der Waals surface area contributed by atoms with Gasteiger partial charge in [0.2, 0.25) is 9.84 Å². The number of hydrogen-bond donors (Lipinski definition) is 0. The summed E-state index contributed by atoms with van der Waals surface area (Å²) in [6.45, 7) is 5.68. The summed E-state index contributed by atoms with van der Waals surface area (Å²) in [5, 5.41) is 0. The highest BCUT2D eigenvalue weighted by Crippen LogP contribution is 2.29. The van der Waals surface area contributed by atoms with E-state index in [1.54, 1.807) is 23.9 Å². The summed E-state index contributed by atoms with van der Waals surface area (Å²) in [7, 11) is -3.45. The van der Waals surface area contributed by atoms with E-state index in [1.165, 1.54) is 0 Å². The Morgan fingerprint density at radius 3 is 1.85 bits per heavy atom. The maximum atomic E-state index is 12.8. The van der Waals surface area contributed by atoms with Gasteiger partial charge in [0.05, 0.1) is 9.79 Å². The molecule has 0 atom stereocenters. The molecule has 20 heavy (non-hydrogen) atoms. The first-order valence-electron chi connectivity index (χ1n) is 6.33. The van der Waals surface area contributed by atoms with Crippen molar-refractivity contribution in [3.05, 3.63) is 53.1 Å². The van der Waals surface area contributed by atoms with Gasteiger partial charge in [0.25, 0.3) is 0 Å². The molecule has 0 radical (unpaired) electrons. The molecule has 0 spiro atoms. The molecule has 106 valence electrons. The van der Waals surface area contributed by atoms with E-state index < -0.39 is 9.84 Å². The number of thioether (sulfide) groups is 1. The summed E-state index contributed by atoms with van der Waals surface area (Å²) in [4.78, 5) is 1.84. The minimum Gasteiger partial charge on any atom is -0.218 e. The van der Waals surface area contributed by atoms with Gasteiger partial charge in [-0.25, -0.2) is 8.42 Å². The number of benzene rings is 2. The summed E-state index contributed by atoms with van der Waals surface area (Å²) in [5.74, 6) is 0. The van der Waals surface area contributed by atoms with Crippen molar-refractivity contribution in [2.75, 3.05) is 6.26 Å². The van der Waals surface area contributed by atoms with Gasteiger partial charge >= 0.3 is 0 Å². The Morgan fingerprint density at radius 1 is 0.900 bits per heavy atom. The summed E-state index contributed by atoms with van der Waals surface area (Å²) >= 11 is 1.60.